The summed E-state index contributed by atoms with van der Waals surface area (Å²) in [7, 11) is -2.16. The predicted octanol–water partition coefficient (Wildman–Crippen LogP) is 3.23. The van der Waals surface area contributed by atoms with Gasteiger partial charge in [-0.3, -0.25) is 9.52 Å². The maximum atomic E-state index is 12.3. The Kier molecular flexibility index (Phi) is 5.27. The largest absolute Gasteiger partial charge is 0.495 e. The first-order chi connectivity index (χ1) is 12.5. The molecule has 0 spiro atoms. The average Bonchev–Trinajstić information content (AvgIpc) is 3.06. The zero-order valence-corrected chi connectivity index (χ0v) is 15.2. The molecule has 1 saturated heterocycles. The predicted molar refractivity (Wildman–Crippen MR) is 103 cm³/mol. The van der Waals surface area contributed by atoms with Crippen molar-refractivity contribution in [1.29, 1.82) is 0 Å². The van der Waals surface area contributed by atoms with E-state index < -0.39 is 10.0 Å². The summed E-state index contributed by atoms with van der Waals surface area (Å²) in [6, 6.07) is 14.0. The third-order valence-corrected chi connectivity index (χ3v) is 5.06. The molecule has 3 rings (SSSR count). The van der Waals surface area contributed by atoms with Gasteiger partial charge >= 0.3 is 0 Å². The minimum Gasteiger partial charge on any atom is -0.495 e. The smallest absolute Gasteiger partial charge is 0.255 e. The van der Waals surface area contributed by atoms with Crippen molar-refractivity contribution >= 4 is 33.4 Å². The number of amides is 1. The second kappa shape index (κ2) is 7.61. The average molecular weight is 372 g/mol. The summed E-state index contributed by atoms with van der Waals surface area (Å²) in [5.74, 6) is 0.537. The molecule has 1 aliphatic rings. The Morgan fingerprint density at radius 2 is 1.92 bits per heavy atom. The van der Waals surface area contributed by atoms with Crippen LogP contribution in [0.4, 0.5) is 11.4 Å². The molecule has 0 aromatic heterocycles. The molecule has 1 heterocycles. The zero-order chi connectivity index (χ0) is 18.6. The Balaban J connectivity index is 1.83. The van der Waals surface area contributed by atoms with E-state index in [1.54, 1.807) is 23.1 Å². The van der Waals surface area contributed by atoms with Crippen LogP contribution < -0.4 is 14.4 Å². The van der Waals surface area contributed by atoms with Crippen molar-refractivity contribution in [3.63, 3.8) is 0 Å². The summed E-state index contributed by atoms with van der Waals surface area (Å²) in [5, 5.41) is 1.12. The van der Waals surface area contributed by atoms with Crippen molar-refractivity contribution in [3.8, 4) is 5.75 Å². The van der Waals surface area contributed by atoms with Crippen molar-refractivity contribution in [2.45, 2.75) is 12.8 Å². The number of nitrogens with one attached hydrogen (secondary N) is 1. The highest BCUT2D eigenvalue weighted by molar-refractivity contribution is 7.95. The van der Waals surface area contributed by atoms with Crippen LogP contribution in [-0.4, -0.2) is 28.0 Å². The molecular weight excluding hydrogens is 352 g/mol. The van der Waals surface area contributed by atoms with E-state index >= 15 is 0 Å². The van der Waals surface area contributed by atoms with Crippen molar-refractivity contribution in [1.82, 2.24) is 0 Å². The lowest BCUT2D eigenvalue weighted by Crippen LogP contribution is -2.24. The molecule has 2 aromatic carbocycles. The monoisotopic (exact) mass is 372 g/mol. The molecule has 0 bridgehead atoms. The van der Waals surface area contributed by atoms with E-state index in [2.05, 4.69) is 4.72 Å². The summed E-state index contributed by atoms with van der Waals surface area (Å²) in [4.78, 5) is 13.6. The van der Waals surface area contributed by atoms with Crippen molar-refractivity contribution in [3.05, 3.63) is 59.5 Å². The van der Waals surface area contributed by atoms with Gasteiger partial charge in [0, 0.05) is 13.0 Å². The number of hydrogen-bond donors (Lipinski definition) is 1. The summed E-state index contributed by atoms with van der Waals surface area (Å²) in [6.07, 6.45) is 2.79. The number of benzene rings is 2. The lowest BCUT2D eigenvalue weighted by Gasteiger charge is -2.20. The summed E-state index contributed by atoms with van der Waals surface area (Å²) in [5.41, 5.74) is 1.73. The number of sulfonamides is 1. The maximum absolute atomic E-state index is 12.3. The number of nitrogens with zero attached hydrogens (tertiary/aromatic N) is 1. The first kappa shape index (κ1) is 18.0. The van der Waals surface area contributed by atoms with E-state index in [1.165, 1.54) is 13.2 Å². The Hall–Kier alpha value is -2.80. The molecule has 26 heavy (non-hydrogen) atoms. The number of anilines is 2. The first-order valence-corrected chi connectivity index (χ1v) is 9.77. The number of carbonyl (C=O) groups is 1. The highest BCUT2D eigenvalue weighted by Gasteiger charge is 2.25. The van der Waals surface area contributed by atoms with Crippen LogP contribution in [0.25, 0.3) is 6.08 Å². The number of ether oxygens (including phenoxy) is 1. The number of rotatable bonds is 6. The van der Waals surface area contributed by atoms with Crippen molar-refractivity contribution < 1.29 is 17.9 Å². The summed E-state index contributed by atoms with van der Waals surface area (Å²) >= 11 is 0. The Morgan fingerprint density at radius 1 is 1.15 bits per heavy atom. The van der Waals surface area contributed by atoms with Gasteiger partial charge < -0.3 is 9.64 Å². The number of methoxy groups -OCH3 is 1. The van der Waals surface area contributed by atoms with Crippen LogP contribution in [0.5, 0.6) is 5.75 Å². The number of carbonyl (C=O) groups excluding carboxylic acids is 1. The molecular formula is C19H20N2O4S. The van der Waals surface area contributed by atoms with Gasteiger partial charge in [-0.1, -0.05) is 30.3 Å². The molecule has 0 unspecified atom stereocenters. The second-order valence-electron chi connectivity index (χ2n) is 5.90. The second-order valence-corrected chi connectivity index (χ2v) is 7.46. The van der Waals surface area contributed by atoms with Gasteiger partial charge in [0.05, 0.1) is 23.9 Å². The third kappa shape index (κ3) is 4.23. The van der Waals surface area contributed by atoms with Crippen LogP contribution in [0.1, 0.15) is 18.4 Å². The fraction of sp³-hybridized carbons (Fsp3) is 0.211. The summed E-state index contributed by atoms with van der Waals surface area (Å²) < 4.78 is 32.5. The topological polar surface area (TPSA) is 75.7 Å². The standard InChI is InChI=1S/C19H20N2O4S/c1-25-18-10-9-16(14-17(18)21-12-5-8-19(21)22)20-26(23,24)13-11-15-6-3-2-4-7-15/h2-4,6-7,9-11,13-14,20H,5,8,12H2,1H3/b13-11+. The van der Waals surface area contributed by atoms with Crippen LogP contribution in [0.3, 0.4) is 0 Å². The van der Waals surface area contributed by atoms with Crippen LogP contribution in [0.2, 0.25) is 0 Å². The summed E-state index contributed by atoms with van der Waals surface area (Å²) in [6.45, 7) is 0.597. The highest BCUT2D eigenvalue weighted by Crippen LogP contribution is 2.34. The minimum absolute atomic E-state index is 0.00674. The van der Waals surface area contributed by atoms with Crippen molar-refractivity contribution in [2.75, 3.05) is 23.3 Å². The van der Waals surface area contributed by atoms with E-state index in [1.807, 2.05) is 30.3 Å². The Morgan fingerprint density at radius 3 is 2.58 bits per heavy atom. The fourth-order valence-electron chi connectivity index (χ4n) is 2.80. The van der Waals surface area contributed by atoms with E-state index in [0.29, 0.717) is 30.1 Å². The number of hydrogen-bond acceptors (Lipinski definition) is 4. The van der Waals surface area contributed by atoms with Crippen molar-refractivity contribution in [2.24, 2.45) is 0 Å². The van der Waals surface area contributed by atoms with Gasteiger partial charge in [-0.05, 0) is 36.3 Å². The SMILES string of the molecule is COc1ccc(NS(=O)(=O)/C=C/c2ccccc2)cc1N1CCCC1=O. The van der Waals surface area contributed by atoms with E-state index in [0.717, 1.165) is 17.4 Å². The Labute approximate surface area is 153 Å². The molecule has 1 fully saturated rings. The Bertz CT molecular complexity index is 924. The van der Waals surface area contributed by atoms with E-state index in [4.69, 9.17) is 4.74 Å². The van der Waals surface area contributed by atoms with E-state index in [-0.39, 0.29) is 5.91 Å². The van der Waals surface area contributed by atoms with E-state index in [9.17, 15) is 13.2 Å². The van der Waals surface area contributed by atoms with Crippen LogP contribution in [0.15, 0.2) is 53.9 Å². The van der Waals surface area contributed by atoms with Gasteiger partial charge in [-0.25, -0.2) is 8.42 Å². The van der Waals surface area contributed by atoms with Crippen LogP contribution >= 0.6 is 0 Å². The fourth-order valence-corrected chi connectivity index (χ4v) is 3.66. The van der Waals surface area contributed by atoms with Gasteiger partial charge in [0.2, 0.25) is 5.91 Å². The van der Waals surface area contributed by atoms with Gasteiger partial charge in [-0.15, -0.1) is 0 Å². The molecule has 0 aliphatic carbocycles. The van der Waals surface area contributed by atoms with Gasteiger partial charge in [0.25, 0.3) is 10.0 Å². The molecule has 0 radical (unpaired) electrons. The quantitative estimate of drug-likeness (QED) is 0.845. The first-order valence-electron chi connectivity index (χ1n) is 8.23. The molecule has 1 N–H and O–H groups in total. The molecule has 1 amide bonds. The van der Waals surface area contributed by atoms with Crippen LogP contribution in [-0.2, 0) is 14.8 Å². The molecule has 0 saturated carbocycles. The lowest BCUT2D eigenvalue weighted by atomic mass is 10.2. The molecule has 2 aromatic rings. The molecule has 7 heteroatoms. The molecule has 136 valence electrons. The minimum atomic E-state index is -3.68. The molecule has 1 aliphatic heterocycles. The maximum Gasteiger partial charge on any atom is 0.255 e. The lowest BCUT2D eigenvalue weighted by molar-refractivity contribution is -0.117. The normalized spacial score (nSPS) is 14.8. The van der Waals surface area contributed by atoms with Crippen LogP contribution in [0, 0.1) is 0 Å². The molecule has 6 nitrogen and oxygen atoms in total. The zero-order valence-electron chi connectivity index (χ0n) is 14.4. The highest BCUT2D eigenvalue weighted by atomic mass is 32.2. The van der Waals surface area contributed by atoms with Gasteiger partial charge in [0.1, 0.15) is 5.75 Å². The molecule has 0 atom stereocenters. The third-order valence-electron chi connectivity index (χ3n) is 4.04. The van der Waals surface area contributed by atoms with Gasteiger partial charge in [0.15, 0.2) is 0 Å². The van der Waals surface area contributed by atoms with Gasteiger partial charge in [-0.2, -0.15) is 0 Å².